The fraction of sp³-hybridized carbons (Fsp3) is 0.0909. The first-order valence-electron chi connectivity index (χ1n) is 9.40. The standard InChI is InChI=1S/C22H18N4O6/c1-13-7-5-9-15(19(13)25(29)30)21(27)23-17-11-3-4-12-18(17)24-22(28)16-10-6-8-14(2)20(16)26(31)32/h3-12H,1-2H3,(H,23,27)(H,24,28). The number of hydrogen-bond donors (Lipinski definition) is 2. The number of nitro benzene ring substituents is 2. The number of para-hydroxylation sites is 4. The lowest BCUT2D eigenvalue weighted by Crippen LogP contribution is -2.18. The molecule has 0 unspecified atom stereocenters. The van der Waals surface area contributed by atoms with Crippen molar-refractivity contribution in [1.82, 2.24) is 0 Å². The first-order chi connectivity index (χ1) is 15.2. The molecule has 0 radical (unpaired) electrons. The summed E-state index contributed by atoms with van der Waals surface area (Å²) in [5.74, 6) is -1.47. The third-order valence-corrected chi connectivity index (χ3v) is 4.75. The van der Waals surface area contributed by atoms with Crippen molar-refractivity contribution in [3.63, 3.8) is 0 Å². The van der Waals surface area contributed by atoms with Crippen molar-refractivity contribution in [3.8, 4) is 0 Å². The van der Waals surface area contributed by atoms with Gasteiger partial charge in [0.2, 0.25) is 0 Å². The number of rotatable bonds is 6. The highest BCUT2D eigenvalue weighted by molar-refractivity contribution is 6.12. The molecule has 162 valence electrons. The smallest absolute Gasteiger partial charge is 0.285 e. The Bertz CT molecular complexity index is 1160. The van der Waals surface area contributed by atoms with Gasteiger partial charge in [-0.15, -0.1) is 0 Å². The van der Waals surface area contributed by atoms with Crippen LogP contribution in [0, 0.1) is 34.1 Å². The molecule has 32 heavy (non-hydrogen) atoms. The SMILES string of the molecule is Cc1cccc(C(=O)Nc2ccccc2NC(=O)c2cccc(C)c2[N+](=O)[O-])c1[N+](=O)[O-]. The molecule has 10 nitrogen and oxygen atoms in total. The maximum atomic E-state index is 12.8. The molecule has 0 spiro atoms. The molecule has 3 aromatic rings. The summed E-state index contributed by atoms with van der Waals surface area (Å²) in [4.78, 5) is 47.1. The Morgan fingerprint density at radius 2 is 1.03 bits per heavy atom. The normalized spacial score (nSPS) is 10.3. The largest absolute Gasteiger partial charge is 0.320 e. The minimum atomic E-state index is -0.733. The van der Waals surface area contributed by atoms with E-state index >= 15 is 0 Å². The van der Waals surface area contributed by atoms with Gasteiger partial charge in [0.1, 0.15) is 11.1 Å². The zero-order valence-corrected chi connectivity index (χ0v) is 17.1. The summed E-state index contributed by atoms with van der Waals surface area (Å²) >= 11 is 0. The highest BCUT2D eigenvalue weighted by Gasteiger charge is 2.25. The Morgan fingerprint density at radius 1 is 0.656 bits per heavy atom. The molecule has 0 aliphatic carbocycles. The first kappa shape index (κ1) is 22.1. The molecule has 0 bridgehead atoms. The zero-order chi connectivity index (χ0) is 23.4. The number of nitro groups is 2. The van der Waals surface area contributed by atoms with E-state index in [4.69, 9.17) is 0 Å². The van der Waals surface area contributed by atoms with Crippen molar-refractivity contribution >= 4 is 34.6 Å². The summed E-state index contributed by atoms with van der Waals surface area (Å²) in [7, 11) is 0. The highest BCUT2D eigenvalue weighted by Crippen LogP contribution is 2.28. The molecule has 0 saturated carbocycles. The maximum Gasteiger partial charge on any atom is 0.285 e. The lowest BCUT2D eigenvalue weighted by molar-refractivity contribution is -0.385. The molecule has 3 rings (SSSR count). The van der Waals surface area contributed by atoms with Gasteiger partial charge in [-0.05, 0) is 38.1 Å². The number of carbonyl (C=O) groups is 2. The number of nitrogens with zero attached hydrogens (tertiary/aromatic N) is 2. The average molecular weight is 434 g/mol. The number of anilines is 2. The van der Waals surface area contributed by atoms with Gasteiger partial charge in [0.05, 0.1) is 21.2 Å². The summed E-state index contributed by atoms with van der Waals surface area (Å²) in [6, 6.07) is 15.0. The van der Waals surface area contributed by atoms with Gasteiger partial charge in [0.25, 0.3) is 23.2 Å². The highest BCUT2D eigenvalue weighted by atomic mass is 16.6. The van der Waals surface area contributed by atoms with Gasteiger partial charge in [-0.1, -0.05) is 36.4 Å². The molecule has 2 amide bonds. The molecule has 2 N–H and O–H groups in total. The van der Waals surface area contributed by atoms with Crippen molar-refractivity contribution in [3.05, 3.63) is 103 Å². The van der Waals surface area contributed by atoms with Crippen LogP contribution in [0.1, 0.15) is 31.8 Å². The van der Waals surface area contributed by atoms with E-state index in [0.717, 1.165) is 0 Å². The molecule has 0 aliphatic rings. The van der Waals surface area contributed by atoms with Crippen LogP contribution in [-0.4, -0.2) is 21.7 Å². The fourth-order valence-electron chi connectivity index (χ4n) is 3.25. The molecule has 0 saturated heterocycles. The van der Waals surface area contributed by atoms with Crippen molar-refractivity contribution in [2.75, 3.05) is 10.6 Å². The second kappa shape index (κ2) is 9.04. The van der Waals surface area contributed by atoms with E-state index < -0.39 is 21.7 Å². The summed E-state index contributed by atoms with van der Waals surface area (Å²) in [5.41, 5.74) is 0.112. The number of amides is 2. The van der Waals surface area contributed by atoms with Crippen molar-refractivity contribution in [2.24, 2.45) is 0 Å². The van der Waals surface area contributed by atoms with Gasteiger partial charge < -0.3 is 10.6 Å². The van der Waals surface area contributed by atoms with E-state index in [-0.39, 0.29) is 33.9 Å². The quantitative estimate of drug-likeness (QED) is 0.428. The molecule has 3 aromatic carbocycles. The third kappa shape index (κ3) is 4.43. The Labute approximate surface area is 182 Å². The fourth-order valence-corrected chi connectivity index (χ4v) is 3.25. The number of nitrogens with one attached hydrogen (secondary N) is 2. The number of aryl methyl sites for hydroxylation is 2. The number of benzene rings is 3. The molecule has 0 atom stereocenters. The van der Waals surface area contributed by atoms with Gasteiger partial charge >= 0.3 is 0 Å². The van der Waals surface area contributed by atoms with Crippen molar-refractivity contribution in [2.45, 2.75) is 13.8 Å². The monoisotopic (exact) mass is 434 g/mol. The van der Waals surface area contributed by atoms with Gasteiger partial charge in [0, 0.05) is 11.1 Å². The van der Waals surface area contributed by atoms with Gasteiger partial charge in [-0.3, -0.25) is 29.8 Å². The Hall–Kier alpha value is -4.60. The predicted octanol–water partition coefficient (Wildman–Crippen LogP) is 4.62. The van der Waals surface area contributed by atoms with Crippen LogP contribution in [0.25, 0.3) is 0 Å². The van der Waals surface area contributed by atoms with Gasteiger partial charge in [-0.2, -0.15) is 0 Å². The average Bonchev–Trinajstić information content (AvgIpc) is 2.74. The van der Waals surface area contributed by atoms with Crippen LogP contribution < -0.4 is 10.6 Å². The van der Waals surface area contributed by atoms with Crippen LogP contribution in [0.5, 0.6) is 0 Å². The van der Waals surface area contributed by atoms with Gasteiger partial charge in [0.15, 0.2) is 0 Å². The summed E-state index contributed by atoms with van der Waals surface area (Å²) in [6.07, 6.45) is 0. The van der Waals surface area contributed by atoms with Crippen molar-refractivity contribution < 1.29 is 19.4 Å². The molecule has 0 heterocycles. The second-order valence-corrected chi connectivity index (χ2v) is 6.91. The maximum absolute atomic E-state index is 12.8. The van der Waals surface area contributed by atoms with Crippen LogP contribution in [0.4, 0.5) is 22.7 Å². The Balaban J connectivity index is 1.92. The van der Waals surface area contributed by atoms with E-state index in [2.05, 4.69) is 10.6 Å². The molecular formula is C22H18N4O6. The first-order valence-corrected chi connectivity index (χ1v) is 9.40. The number of carbonyl (C=O) groups excluding carboxylic acids is 2. The second-order valence-electron chi connectivity index (χ2n) is 6.91. The van der Waals surface area contributed by atoms with Crippen molar-refractivity contribution in [1.29, 1.82) is 0 Å². The van der Waals surface area contributed by atoms with Crippen LogP contribution in [0.2, 0.25) is 0 Å². The zero-order valence-electron chi connectivity index (χ0n) is 17.1. The summed E-state index contributed by atoms with van der Waals surface area (Å²) in [5, 5.41) is 27.9. The van der Waals surface area contributed by atoms with E-state index in [1.165, 1.54) is 62.4 Å². The van der Waals surface area contributed by atoms with Crippen LogP contribution in [-0.2, 0) is 0 Å². The minimum Gasteiger partial charge on any atom is -0.320 e. The van der Waals surface area contributed by atoms with E-state index in [9.17, 15) is 29.8 Å². The summed E-state index contributed by atoms with van der Waals surface area (Å²) < 4.78 is 0. The van der Waals surface area contributed by atoms with Crippen LogP contribution in [0.15, 0.2) is 60.7 Å². The third-order valence-electron chi connectivity index (χ3n) is 4.75. The van der Waals surface area contributed by atoms with Gasteiger partial charge in [-0.25, -0.2) is 0 Å². The molecular weight excluding hydrogens is 416 g/mol. The molecule has 0 aliphatic heterocycles. The lowest BCUT2D eigenvalue weighted by atomic mass is 10.1. The van der Waals surface area contributed by atoms with E-state index in [1.54, 1.807) is 12.1 Å². The van der Waals surface area contributed by atoms with E-state index in [0.29, 0.717) is 11.1 Å². The Morgan fingerprint density at radius 3 is 1.38 bits per heavy atom. The molecule has 0 aromatic heterocycles. The molecule has 10 heteroatoms. The minimum absolute atomic E-state index is 0.134. The molecule has 0 fully saturated rings. The predicted molar refractivity (Wildman–Crippen MR) is 118 cm³/mol. The summed E-state index contributed by atoms with van der Waals surface area (Å²) in [6.45, 7) is 3.05. The topological polar surface area (TPSA) is 144 Å². The Kier molecular flexibility index (Phi) is 6.24. The van der Waals surface area contributed by atoms with Crippen LogP contribution >= 0.6 is 0 Å². The lowest BCUT2D eigenvalue weighted by Gasteiger charge is -2.13. The van der Waals surface area contributed by atoms with E-state index in [1.807, 2.05) is 0 Å². The van der Waals surface area contributed by atoms with Crippen LogP contribution in [0.3, 0.4) is 0 Å². The number of hydrogen-bond acceptors (Lipinski definition) is 6.